The Morgan fingerprint density at radius 2 is 1.63 bits per heavy atom. The summed E-state index contributed by atoms with van der Waals surface area (Å²) >= 11 is 4.71. The first-order chi connectivity index (χ1) is 13.0. The second-order valence-electron chi connectivity index (χ2n) is 5.17. The van der Waals surface area contributed by atoms with Crippen LogP contribution in [0.3, 0.4) is 0 Å². The average Bonchev–Trinajstić information content (AvgIpc) is 2.72. The fourth-order valence-corrected chi connectivity index (χ4v) is 2.06. The van der Waals surface area contributed by atoms with Crippen LogP contribution in [0, 0.1) is 0 Å². The number of hydrogen-bond acceptors (Lipinski definition) is 5. The normalized spacial score (nSPS) is 10.3. The Morgan fingerprint density at radius 3 is 2.15 bits per heavy atom. The van der Waals surface area contributed by atoms with Gasteiger partial charge in [0.2, 0.25) is 0 Å². The number of ether oxygens (including phenoxy) is 2. The molecule has 3 N–H and O–H groups in total. The van der Waals surface area contributed by atoms with E-state index in [1.165, 1.54) is 7.11 Å². The van der Waals surface area contributed by atoms with Crippen LogP contribution in [0.15, 0.2) is 53.6 Å². The topological polar surface area (TPSA) is 85.9 Å². The van der Waals surface area contributed by atoms with Crippen LogP contribution in [0.2, 0.25) is 0 Å². The number of nitrogens with zero attached hydrogens (tertiary/aromatic N) is 1. The quantitative estimate of drug-likeness (QED) is 0.341. The molecule has 0 saturated heterocycles. The summed E-state index contributed by atoms with van der Waals surface area (Å²) in [7, 11) is 1.36. The van der Waals surface area contributed by atoms with E-state index < -0.39 is 0 Å². The molecule has 2 rings (SSSR count). The molecular formula is C20H25N3O3S. The summed E-state index contributed by atoms with van der Waals surface area (Å²) in [5, 5.41) is 4.19. The Balaban J connectivity index is 0.00000176. The minimum atomic E-state index is -0.357. The first kappa shape index (κ1) is 22.1. The van der Waals surface area contributed by atoms with E-state index in [4.69, 9.17) is 22.7 Å². The zero-order valence-electron chi connectivity index (χ0n) is 16.0. The molecule has 6 nitrogen and oxygen atoms in total. The van der Waals surface area contributed by atoms with Crippen LogP contribution in [0.5, 0.6) is 5.75 Å². The SMILES string of the molecule is CC.COC(=O)c1ccc(COc2ccc(/C(C)=N/NC(N)=S)cc2)cc1. The van der Waals surface area contributed by atoms with E-state index in [9.17, 15) is 4.79 Å². The molecule has 0 aliphatic rings. The third kappa shape index (κ3) is 7.45. The lowest BCUT2D eigenvalue weighted by molar-refractivity contribution is 0.0600. The standard InChI is InChI=1S/C18H19N3O3S.C2H6/c1-12(20-21-18(19)25)14-7-9-16(10-8-14)24-11-13-3-5-15(6-4-13)17(22)23-2;1-2/h3-10H,11H2,1-2H3,(H3,19,21,25);1-2H3/b20-12+;. The second-order valence-corrected chi connectivity index (χ2v) is 5.61. The fraction of sp³-hybridized carbons (Fsp3) is 0.250. The third-order valence-corrected chi connectivity index (χ3v) is 3.48. The van der Waals surface area contributed by atoms with Crippen molar-refractivity contribution in [3.8, 4) is 5.75 Å². The lowest BCUT2D eigenvalue weighted by Gasteiger charge is -2.08. The maximum Gasteiger partial charge on any atom is 0.337 e. The van der Waals surface area contributed by atoms with Crippen molar-refractivity contribution in [1.82, 2.24) is 5.43 Å². The van der Waals surface area contributed by atoms with Crippen molar-refractivity contribution in [2.24, 2.45) is 10.8 Å². The Bertz CT molecular complexity index is 772. The van der Waals surface area contributed by atoms with E-state index in [1.807, 2.05) is 57.2 Å². The van der Waals surface area contributed by atoms with Gasteiger partial charge < -0.3 is 15.2 Å². The van der Waals surface area contributed by atoms with Crippen molar-refractivity contribution >= 4 is 29.0 Å². The molecule has 0 aliphatic carbocycles. The van der Waals surface area contributed by atoms with E-state index in [0.29, 0.717) is 12.2 Å². The molecule has 0 aromatic heterocycles. The number of methoxy groups -OCH3 is 1. The molecule has 144 valence electrons. The van der Waals surface area contributed by atoms with Gasteiger partial charge in [-0.25, -0.2) is 4.79 Å². The summed E-state index contributed by atoms with van der Waals surface area (Å²) in [6, 6.07) is 14.6. The van der Waals surface area contributed by atoms with Gasteiger partial charge in [0.25, 0.3) is 0 Å². The lowest BCUT2D eigenvalue weighted by atomic mass is 10.1. The van der Waals surface area contributed by atoms with Crippen LogP contribution in [0.25, 0.3) is 0 Å². The number of nitrogens with one attached hydrogen (secondary N) is 1. The zero-order valence-corrected chi connectivity index (χ0v) is 16.8. The minimum Gasteiger partial charge on any atom is -0.489 e. The van der Waals surface area contributed by atoms with Crippen LogP contribution in [-0.4, -0.2) is 23.9 Å². The molecule has 7 heteroatoms. The summed E-state index contributed by atoms with van der Waals surface area (Å²) < 4.78 is 10.4. The minimum absolute atomic E-state index is 0.123. The molecule has 0 aliphatic heterocycles. The van der Waals surface area contributed by atoms with Gasteiger partial charge in [0.1, 0.15) is 12.4 Å². The maximum atomic E-state index is 11.4. The van der Waals surface area contributed by atoms with Crippen LogP contribution in [-0.2, 0) is 11.3 Å². The Labute approximate surface area is 165 Å². The van der Waals surface area contributed by atoms with Gasteiger partial charge >= 0.3 is 5.97 Å². The van der Waals surface area contributed by atoms with Crippen molar-refractivity contribution in [2.75, 3.05) is 7.11 Å². The monoisotopic (exact) mass is 387 g/mol. The predicted octanol–water partition coefficient (Wildman–Crippen LogP) is 3.64. The van der Waals surface area contributed by atoms with Crippen LogP contribution < -0.4 is 15.9 Å². The number of benzene rings is 2. The molecule has 0 spiro atoms. The van der Waals surface area contributed by atoms with Gasteiger partial charge in [-0.15, -0.1) is 0 Å². The van der Waals surface area contributed by atoms with Gasteiger partial charge in [-0.3, -0.25) is 5.43 Å². The highest BCUT2D eigenvalue weighted by Gasteiger charge is 2.05. The van der Waals surface area contributed by atoms with Crippen molar-refractivity contribution in [1.29, 1.82) is 0 Å². The van der Waals surface area contributed by atoms with Crippen LogP contribution in [0.1, 0.15) is 42.3 Å². The summed E-state index contributed by atoms with van der Waals surface area (Å²) in [4.78, 5) is 11.4. The Hall–Kier alpha value is -2.93. The van der Waals surface area contributed by atoms with Crippen molar-refractivity contribution in [3.63, 3.8) is 0 Å². The van der Waals surface area contributed by atoms with Crippen LogP contribution in [0.4, 0.5) is 0 Å². The van der Waals surface area contributed by atoms with E-state index >= 15 is 0 Å². The van der Waals surface area contributed by atoms with Gasteiger partial charge in [-0.2, -0.15) is 5.10 Å². The molecule has 2 aromatic carbocycles. The fourth-order valence-electron chi connectivity index (χ4n) is 2.02. The molecule has 2 aromatic rings. The second kappa shape index (κ2) is 11.6. The highest BCUT2D eigenvalue weighted by atomic mass is 32.1. The molecule has 0 heterocycles. The molecule has 0 radical (unpaired) electrons. The lowest BCUT2D eigenvalue weighted by Crippen LogP contribution is -2.25. The number of rotatable bonds is 6. The third-order valence-electron chi connectivity index (χ3n) is 3.39. The molecule has 0 atom stereocenters. The summed E-state index contributed by atoms with van der Waals surface area (Å²) in [5.74, 6) is 0.376. The summed E-state index contributed by atoms with van der Waals surface area (Å²) in [6.07, 6.45) is 0. The number of hydrogen-bond donors (Lipinski definition) is 2. The largest absolute Gasteiger partial charge is 0.489 e. The van der Waals surface area contributed by atoms with Gasteiger partial charge in [0.15, 0.2) is 5.11 Å². The molecule has 27 heavy (non-hydrogen) atoms. The van der Waals surface area contributed by atoms with Gasteiger partial charge in [-0.05, 0) is 66.7 Å². The van der Waals surface area contributed by atoms with Gasteiger partial charge in [0, 0.05) is 0 Å². The first-order valence-corrected chi connectivity index (χ1v) is 8.90. The number of thiocarbonyl (C=S) groups is 1. The smallest absolute Gasteiger partial charge is 0.337 e. The van der Waals surface area contributed by atoms with E-state index in [0.717, 1.165) is 22.6 Å². The molecule has 0 bridgehead atoms. The molecular weight excluding hydrogens is 362 g/mol. The number of carbonyl (C=O) groups is 1. The maximum absolute atomic E-state index is 11.4. The number of esters is 1. The molecule has 0 saturated carbocycles. The van der Waals surface area contributed by atoms with Gasteiger partial charge in [0.05, 0.1) is 18.4 Å². The van der Waals surface area contributed by atoms with Crippen molar-refractivity contribution in [3.05, 3.63) is 65.2 Å². The average molecular weight is 388 g/mol. The van der Waals surface area contributed by atoms with Gasteiger partial charge in [-0.1, -0.05) is 26.0 Å². The van der Waals surface area contributed by atoms with Crippen molar-refractivity contribution < 1.29 is 14.3 Å². The summed E-state index contributed by atoms with van der Waals surface area (Å²) in [6.45, 7) is 6.25. The van der Waals surface area contributed by atoms with E-state index in [2.05, 4.69) is 15.3 Å². The predicted molar refractivity (Wildman–Crippen MR) is 112 cm³/mol. The Morgan fingerprint density at radius 1 is 1.07 bits per heavy atom. The highest BCUT2D eigenvalue weighted by molar-refractivity contribution is 7.80. The van der Waals surface area contributed by atoms with Crippen LogP contribution >= 0.6 is 12.2 Å². The Kier molecular flexibility index (Phi) is 9.53. The summed E-state index contributed by atoms with van der Waals surface area (Å²) in [5.41, 5.74) is 11.0. The first-order valence-electron chi connectivity index (χ1n) is 8.50. The van der Waals surface area contributed by atoms with E-state index in [-0.39, 0.29) is 11.1 Å². The molecule has 0 amide bonds. The highest BCUT2D eigenvalue weighted by Crippen LogP contribution is 2.15. The molecule has 0 unspecified atom stereocenters. The zero-order chi connectivity index (χ0) is 20.2. The number of carbonyl (C=O) groups excluding carboxylic acids is 1. The number of nitrogens with two attached hydrogens (primary N) is 1. The molecule has 0 fully saturated rings. The van der Waals surface area contributed by atoms with Crippen molar-refractivity contribution in [2.45, 2.75) is 27.4 Å². The van der Waals surface area contributed by atoms with E-state index in [1.54, 1.807) is 12.1 Å². The number of hydrazone groups is 1.